The van der Waals surface area contributed by atoms with E-state index in [9.17, 15) is 17.6 Å². The minimum absolute atomic E-state index is 0.0821. The van der Waals surface area contributed by atoms with Gasteiger partial charge in [-0.15, -0.1) is 0 Å². The predicted molar refractivity (Wildman–Crippen MR) is 121 cm³/mol. The van der Waals surface area contributed by atoms with Crippen molar-refractivity contribution in [1.82, 2.24) is 4.57 Å². The molecule has 1 saturated heterocycles. The molecule has 0 atom stereocenters. The van der Waals surface area contributed by atoms with E-state index < -0.39 is 21.1 Å². The van der Waals surface area contributed by atoms with E-state index in [1.165, 1.54) is 12.3 Å². The molecule has 1 aliphatic rings. The summed E-state index contributed by atoms with van der Waals surface area (Å²) < 4.78 is 43.6. The van der Waals surface area contributed by atoms with Crippen molar-refractivity contribution in [1.29, 1.82) is 0 Å². The molecule has 164 valence electrons. The van der Waals surface area contributed by atoms with Crippen LogP contribution in [0.4, 0.5) is 10.1 Å². The van der Waals surface area contributed by atoms with Crippen LogP contribution in [0, 0.1) is 19.7 Å². The average Bonchev–Trinajstić information content (AvgIpc) is 3.23. The molecule has 1 aromatic heterocycles. The van der Waals surface area contributed by atoms with E-state index in [0.29, 0.717) is 17.7 Å². The first-order chi connectivity index (χ1) is 14.7. The highest BCUT2D eigenvalue weighted by Crippen LogP contribution is 2.29. The maximum Gasteiger partial charge on any atom is 0.211 e. The van der Waals surface area contributed by atoms with Gasteiger partial charge >= 0.3 is 0 Å². The van der Waals surface area contributed by atoms with Crippen molar-refractivity contribution in [3.05, 3.63) is 63.7 Å². The van der Waals surface area contributed by atoms with Crippen molar-refractivity contribution in [2.75, 3.05) is 18.0 Å². The van der Waals surface area contributed by atoms with Crippen LogP contribution in [0.5, 0.6) is 0 Å². The van der Waals surface area contributed by atoms with Crippen LogP contribution in [0.25, 0.3) is 10.9 Å². The van der Waals surface area contributed by atoms with Crippen molar-refractivity contribution in [2.24, 2.45) is 0 Å². The zero-order chi connectivity index (χ0) is 22.3. The molecule has 0 amide bonds. The number of pyridine rings is 1. The molecule has 4 rings (SSSR count). The number of fused-ring (bicyclic) bond motifs is 1. The third-order valence-corrected chi connectivity index (χ3v) is 7.55. The van der Waals surface area contributed by atoms with Gasteiger partial charge in [0.25, 0.3) is 0 Å². The minimum Gasteiger partial charge on any atom is -0.369 e. The summed E-state index contributed by atoms with van der Waals surface area (Å²) in [7, 11) is -4.05. The molecule has 1 fully saturated rings. The van der Waals surface area contributed by atoms with Gasteiger partial charge in [-0.25, -0.2) is 12.8 Å². The summed E-state index contributed by atoms with van der Waals surface area (Å²) >= 11 is 0. The van der Waals surface area contributed by atoms with E-state index >= 15 is 0 Å². The molecular formula is C24H27FN2O3S. The smallest absolute Gasteiger partial charge is 0.211 e. The Labute approximate surface area is 182 Å². The van der Waals surface area contributed by atoms with Crippen LogP contribution in [0.2, 0.25) is 0 Å². The van der Waals surface area contributed by atoms with Crippen molar-refractivity contribution < 1.29 is 12.8 Å². The van der Waals surface area contributed by atoms with Crippen LogP contribution in [-0.2, 0) is 16.4 Å². The van der Waals surface area contributed by atoms with E-state index in [1.807, 2.05) is 31.7 Å². The summed E-state index contributed by atoms with van der Waals surface area (Å²) in [5, 5.41) is 0.0966. The van der Waals surface area contributed by atoms with Gasteiger partial charge in [0.2, 0.25) is 15.3 Å². The largest absolute Gasteiger partial charge is 0.369 e. The molecule has 0 bridgehead atoms. The van der Waals surface area contributed by atoms with Crippen LogP contribution >= 0.6 is 0 Å². The molecule has 2 aromatic carbocycles. The van der Waals surface area contributed by atoms with E-state index in [4.69, 9.17) is 0 Å². The zero-order valence-electron chi connectivity index (χ0n) is 18.1. The molecule has 7 heteroatoms. The maximum atomic E-state index is 15.0. The number of aromatic nitrogens is 1. The molecule has 0 aliphatic carbocycles. The number of hydrogen-bond donors (Lipinski definition) is 0. The minimum atomic E-state index is -4.05. The van der Waals surface area contributed by atoms with Crippen LogP contribution in [0.15, 0.2) is 51.1 Å². The second kappa shape index (κ2) is 8.11. The Morgan fingerprint density at radius 2 is 1.65 bits per heavy atom. The summed E-state index contributed by atoms with van der Waals surface area (Å²) in [4.78, 5) is 15.0. The maximum absolute atomic E-state index is 15.0. The number of halogens is 1. The molecule has 0 unspecified atom stereocenters. The number of nitrogens with zero attached hydrogens (tertiary/aromatic N) is 2. The fourth-order valence-electron chi connectivity index (χ4n) is 4.41. The van der Waals surface area contributed by atoms with E-state index in [-0.39, 0.29) is 15.2 Å². The van der Waals surface area contributed by atoms with Gasteiger partial charge < -0.3 is 9.47 Å². The molecule has 31 heavy (non-hydrogen) atoms. The SMILES string of the molecule is CCCn1cc(S(=O)(=O)c2cc(C)cc(C)c2)c(=O)c2cc(F)c(N3CCCC3)cc21. The second-order valence-corrected chi connectivity index (χ2v) is 10.3. The molecule has 3 aromatic rings. The number of aryl methyl sites for hydroxylation is 3. The van der Waals surface area contributed by atoms with E-state index in [1.54, 1.807) is 22.8 Å². The lowest BCUT2D eigenvalue weighted by atomic mass is 10.1. The fourth-order valence-corrected chi connectivity index (χ4v) is 5.96. The summed E-state index contributed by atoms with van der Waals surface area (Å²) in [6, 6.07) is 7.91. The Hall–Kier alpha value is -2.67. The third-order valence-electron chi connectivity index (χ3n) is 5.82. The Morgan fingerprint density at radius 3 is 2.26 bits per heavy atom. The molecule has 5 nitrogen and oxygen atoms in total. The summed E-state index contributed by atoms with van der Waals surface area (Å²) in [6.45, 7) is 7.69. The standard InChI is InChI=1S/C24H27FN2O3S/c1-4-7-27-15-23(31(29,30)18-11-16(2)10-17(3)12-18)24(28)19-13-20(25)22(14-21(19)27)26-8-5-6-9-26/h10-15H,4-9H2,1-3H3. The number of anilines is 1. The number of rotatable bonds is 5. The normalized spacial score (nSPS) is 14.5. The Kier molecular flexibility index (Phi) is 5.64. The average molecular weight is 443 g/mol. The molecule has 0 saturated carbocycles. The quantitative estimate of drug-likeness (QED) is 0.579. The molecule has 2 heterocycles. The first kappa shape index (κ1) is 21.6. The molecule has 0 radical (unpaired) electrons. The number of benzene rings is 2. The molecule has 1 aliphatic heterocycles. The highest BCUT2D eigenvalue weighted by Gasteiger charge is 2.26. The van der Waals surface area contributed by atoms with Crippen LogP contribution in [0.1, 0.15) is 37.3 Å². The van der Waals surface area contributed by atoms with Crippen molar-refractivity contribution in [3.8, 4) is 0 Å². The lowest BCUT2D eigenvalue weighted by Gasteiger charge is -2.21. The highest BCUT2D eigenvalue weighted by molar-refractivity contribution is 7.91. The van der Waals surface area contributed by atoms with Crippen molar-refractivity contribution in [2.45, 2.75) is 56.4 Å². The van der Waals surface area contributed by atoms with Gasteiger partial charge in [0, 0.05) is 25.8 Å². The topological polar surface area (TPSA) is 59.4 Å². The second-order valence-electron chi connectivity index (χ2n) is 8.36. The van der Waals surface area contributed by atoms with Crippen LogP contribution in [0.3, 0.4) is 0 Å². The van der Waals surface area contributed by atoms with Crippen molar-refractivity contribution in [3.63, 3.8) is 0 Å². The zero-order valence-corrected chi connectivity index (χ0v) is 18.9. The first-order valence-electron chi connectivity index (χ1n) is 10.7. The first-order valence-corrected chi connectivity index (χ1v) is 12.2. The summed E-state index contributed by atoms with van der Waals surface area (Å²) in [5.74, 6) is -0.490. The van der Waals surface area contributed by atoms with Gasteiger partial charge in [0.15, 0.2) is 0 Å². The van der Waals surface area contributed by atoms with E-state index in [2.05, 4.69) is 0 Å². The fraction of sp³-hybridized carbons (Fsp3) is 0.375. The number of hydrogen-bond acceptors (Lipinski definition) is 4. The lowest BCUT2D eigenvalue weighted by molar-refractivity contribution is 0.592. The molecule has 0 spiro atoms. The predicted octanol–water partition coefficient (Wildman–Crippen LogP) is 4.60. The van der Waals surface area contributed by atoms with Crippen molar-refractivity contribution >= 4 is 26.4 Å². The van der Waals surface area contributed by atoms with Crippen LogP contribution in [-0.4, -0.2) is 26.1 Å². The lowest BCUT2D eigenvalue weighted by Crippen LogP contribution is -2.22. The van der Waals surface area contributed by atoms with Crippen LogP contribution < -0.4 is 10.3 Å². The Balaban J connectivity index is 1.98. The van der Waals surface area contributed by atoms with Gasteiger partial charge in [-0.2, -0.15) is 0 Å². The summed E-state index contributed by atoms with van der Waals surface area (Å²) in [6.07, 6.45) is 4.18. The van der Waals surface area contributed by atoms with Gasteiger partial charge in [0.1, 0.15) is 10.7 Å². The Bertz CT molecular complexity index is 1300. The highest BCUT2D eigenvalue weighted by atomic mass is 32.2. The Morgan fingerprint density at radius 1 is 1.00 bits per heavy atom. The van der Waals surface area contributed by atoms with Gasteiger partial charge in [-0.3, -0.25) is 4.79 Å². The third kappa shape index (κ3) is 3.87. The number of sulfone groups is 1. The van der Waals surface area contributed by atoms with Gasteiger partial charge in [0.05, 0.1) is 21.5 Å². The van der Waals surface area contributed by atoms with E-state index in [0.717, 1.165) is 43.5 Å². The molecule has 0 N–H and O–H groups in total. The van der Waals surface area contributed by atoms with Gasteiger partial charge in [-0.05, 0) is 68.5 Å². The summed E-state index contributed by atoms with van der Waals surface area (Å²) in [5.41, 5.74) is 1.98. The monoisotopic (exact) mass is 442 g/mol. The molecular weight excluding hydrogens is 415 g/mol. The van der Waals surface area contributed by atoms with Gasteiger partial charge in [-0.1, -0.05) is 13.0 Å².